The summed E-state index contributed by atoms with van der Waals surface area (Å²) >= 11 is 0.825. The summed E-state index contributed by atoms with van der Waals surface area (Å²) in [4.78, 5) is 122. The number of carboxylic acid groups (broad SMARTS) is 2. The molecule has 2 aliphatic heterocycles. The number of amides is 6. The van der Waals surface area contributed by atoms with Gasteiger partial charge in [-0.25, -0.2) is 9.59 Å². The number of carbonyl (C=O) groups excluding carboxylic acids is 7. The van der Waals surface area contributed by atoms with Crippen LogP contribution >= 0.6 is 11.8 Å². The highest BCUT2D eigenvalue weighted by molar-refractivity contribution is 8.00. The minimum absolute atomic E-state index is 0.00994. The van der Waals surface area contributed by atoms with E-state index in [1.54, 1.807) is 0 Å². The van der Waals surface area contributed by atoms with Crippen LogP contribution in [0.4, 0.5) is 0 Å². The largest absolute Gasteiger partial charge is 0.480 e. The molecule has 0 saturated carbocycles. The normalized spacial score (nSPS) is 19.6. The number of carbonyl (C=O) groups is 9. The van der Waals surface area contributed by atoms with Gasteiger partial charge in [-0.05, 0) is 52.4 Å². The zero-order chi connectivity index (χ0) is 49.9. The molecule has 66 heavy (non-hydrogen) atoms. The standard InChI is InChI=1S/C37H62N14O14S/c1-17(38)27(56)46-14-24(54)19(6-4-11-44-35(40)41)29(58)48-18(2)28(57)49-22(8-5-12-45-36(42)43)23(53)10-13-65-32(63)20-15-66-34-37(47-16-52,33(64)51(34)26(20)31(61)62)50-25(55)9-3-7-21(39)30(59)60/h16-19,21-24,34,53-54H,3-15,38-39H2,1-2H3,(H,46,56)(H,47,52)(H,48,58)(H,49,57)(H,50,55)(H,59,60)(H,61,62)(H4,40,41,44)(H4,42,43,45). The maximum atomic E-state index is 13.5. The number of esters is 1. The number of aliphatic hydroxyl groups is 2. The number of fused-ring (bicyclic) bond motifs is 1. The van der Waals surface area contributed by atoms with Crippen molar-refractivity contribution in [1.29, 1.82) is 0 Å². The van der Waals surface area contributed by atoms with Gasteiger partial charge in [0.25, 0.3) is 5.91 Å². The maximum absolute atomic E-state index is 13.5. The molecule has 1 fully saturated rings. The molecule has 0 aromatic rings. The van der Waals surface area contributed by atoms with E-state index in [1.165, 1.54) is 13.8 Å². The Balaban J connectivity index is 2.17. The van der Waals surface area contributed by atoms with Crippen LogP contribution in [0.15, 0.2) is 21.3 Å². The lowest BCUT2D eigenvalue weighted by Gasteiger charge is -2.56. The molecule has 9 atom stereocenters. The van der Waals surface area contributed by atoms with Gasteiger partial charge in [0, 0.05) is 38.2 Å². The second-order valence-corrected chi connectivity index (χ2v) is 16.4. The molecule has 2 rings (SSSR count). The number of aliphatic hydroxyl groups excluding tert-OH is 2. The average molecular weight is 959 g/mol. The molecule has 2 aliphatic rings. The Morgan fingerprint density at radius 3 is 2.06 bits per heavy atom. The second kappa shape index (κ2) is 26.6. The smallest absolute Gasteiger partial charge is 0.353 e. The number of β-lactam (4-membered cyclic amide) rings is 1. The molecule has 21 N–H and O–H groups in total. The van der Waals surface area contributed by atoms with Crippen LogP contribution in [0.5, 0.6) is 0 Å². The first-order valence-corrected chi connectivity index (χ1v) is 21.7. The van der Waals surface area contributed by atoms with Gasteiger partial charge >= 0.3 is 17.9 Å². The third kappa shape index (κ3) is 16.3. The molecule has 1 saturated heterocycles. The molecule has 28 nitrogen and oxygen atoms in total. The van der Waals surface area contributed by atoms with Crippen LogP contribution in [0, 0.1) is 5.92 Å². The first-order valence-electron chi connectivity index (χ1n) is 20.7. The van der Waals surface area contributed by atoms with E-state index in [-0.39, 0.29) is 95.1 Å². The van der Waals surface area contributed by atoms with E-state index < -0.39 is 119 Å². The van der Waals surface area contributed by atoms with Gasteiger partial charge in [0.05, 0.1) is 42.4 Å². The van der Waals surface area contributed by atoms with Gasteiger partial charge in [-0.2, -0.15) is 0 Å². The molecule has 6 amide bonds. The van der Waals surface area contributed by atoms with Crippen molar-refractivity contribution in [3.8, 4) is 0 Å². The lowest BCUT2D eigenvalue weighted by atomic mass is 9.94. The van der Waals surface area contributed by atoms with Gasteiger partial charge < -0.3 is 86.1 Å². The minimum atomic E-state index is -2.10. The molecular formula is C37H62N14O14S. The molecule has 0 bridgehead atoms. The Bertz CT molecular complexity index is 1880. The average Bonchev–Trinajstić information content (AvgIpc) is 3.24. The van der Waals surface area contributed by atoms with Crippen molar-refractivity contribution in [1.82, 2.24) is 31.5 Å². The van der Waals surface area contributed by atoms with Crippen molar-refractivity contribution in [3.05, 3.63) is 11.3 Å². The van der Waals surface area contributed by atoms with Crippen LogP contribution in [-0.4, -0.2) is 171 Å². The molecule has 29 heteroatoms. The quantitative estimate of drug-likeness (QED) is 0.00605. The van der Waals surface area contributed by atoms with Crippen molar-refractivity contribution in [3.63, 3.8) is 0 Å². The van der Waals surface area contributed by atoms with Gasteiger partial charge in [-0.15, -0.1) is 11.8 Å². The number of guanidine groups is 2. The van der Waals surface area contributed by atoms with E-state index in [1.807, 2.05) is 0 Å². The zero-order valence-corrected chi connectivity index (χ0v) is 37.3. The lowest BCUT2D eigenvalue weighted by Crippen LogP contribution is -2.85. The summed E-state index contributed by atoms with van der Waals surface area (Å²) in [7, 11) is 0. The Morgan fingerprint density at radius 1 is 0.879 bits per heavy atom. The van der Waals surface area contributed by atoms with Crippen LogP contribution < -0.4 is 61.0 Å². The van der Waals surface area contributed by atoms with Gasteiger partial charge in [0.1, 0.15) is 23.2 Å². The van der Waals surface area contributed by atoms with Crippen molar-refractivity contribution >= 4 is 77.5 Å². The number of nitrogens with one attached hydrogen (secondary N) is 5. The summed E-state index contributed by atoms with van der Waals surface area (Å²) in [5.41, 5.74) is 29.3. The fourth-order valence-electron chi connectivity index (χ4n) is 6.64. The van der Waals surface area contributed by atoms with Crippen molar-refractivity contribution < 1.29 is 68.3 Å². The number of thioether (sulfide) groups is 1. The van der Waals surface area contributed by atoms with Crippen molar-refractivity contribution in [2.45, 2.75) is 113 Å². The van der Waals surface area contributed by atoms with E-state index in [4.69, 9.17) is 44.2 Å². The molecule has 0 aromatic carbocycles. The molecule has 0 spiro atoms. The first kappa shape index (κ1) is 55.8. The third-order valence-electron chi connectivity index (χ3n) is 10.2. The van der Waals surface area contributed by atoms with Crippen LogP contribution in [0.2, 0.25) is 0 Å². The third-order valence-corrected chi connectivity index (χ3v) is 11.5. The fraction of sp³-hybridized carbons (Fsp3) is 0.649. The van der Waals surface area contributed by atoms with E-state index in [0.29, 0.717) is 4.90 Å². The summed E-state index contributed by atoms with van der Waals surface area (Å²) in [5, 5.41) is 52.1. The predicted octanol–water partition coefficient (Wildman–Crippen LogP) is -6.79. The molecule has 0 radical (unpaired) electrons. The predicted molar refractivity (Wildman–Crippen MR) is 234 cm³/mol. The number of hydrogen-bond donors (Lipinski definition) is 15. The highest BCUT2D eigenvalue weighted by atomic mass is 32.2. The summed E-state index contributed by atoms with van der Waals surface area (Å²) in [6, 6.07) is -4.43. The van der Waals surface area contributed by atoms with Gasteiger partial charge in [0.2, 0.25) is 35.7 Å². The van der Waals surface area contributed by atoms with Crippen LogP contribution in [0.3, 0.4) is 0 Å². The Morgan fingerprint density at radius 2 is 1.50 bits per heavy atom. The maximum Gasteiger partial charge on any atom is 0.353 e. The molecule has 0 aliphatic carbocycles. The Hall–Kier alpha value is -6.30. The first-order chi connectivity index (χ1) is 31.0. The summed E-state index contributed by atoms with van der Waals surface area (Å²) in [6.07, 6.45) is -2.80. The van der Waals surface area contributed by atoms with E-state index in [0.717, 1.165) is 11.8 Å². The number of rotatable bonds is 30. The SMILES string of the molecule is CC(N)C(=O)NCC(O)C(CCCN=C(N)N)C(=O)NC(C)C(=O)NC(CCCN=C(N)N)C(O)CCOC(=O)C1=C(C(=O)O)N2C(=O)C(NC=O)(NC(=O)CCCC(N)C(=O)O)C2SC1. The topological polar surface area (TPSA) is 488 Å². The molecule has 370 valence electrons. The number of aliphatic imine (C=N–C) groups is 2. The summed E-state index contributed by atoms with van der Waals surface area (Å²) in [6.45, 7) is 2.12. The summed E-state index contributed by atoms with van der Waals surface area (Å²) < 4.78 is 5.31. The van der Waals surface area contributed by atoms with Crippen LogP contribution in [0.1, 0.15) is 65.2 Å². The molecular weight excluding hydrogens is 897 g/mol. The highest BCUT2D eigenvalue weighted by Crippen LogP contribution is 2.45. The number of hydrogen-bond acceptors (Lipinski definition) is 17. The highest BCUT2D eigenvalue weighted by Gasteiger charge is 2.66. The van der Waals surface area contributed by atoms with Crippen molar-refractivity contribution in [2.75, 3.05) is 32.0 Å². The Labute approximate surface area is 382 Å². The summed E-state index contributed by atoms with van der Waals surface area (Å²) in [5.74, 6) is -10.0. The van der Waals surface area contributed by atoms with Crippen LogP contribution in [0.25, 0.3) is 0 Å². The van der Waals surface area contributed by atoms with Crippen molar-refractivity contribution in [2.24, 2.45) is 50.3 Å². The number of nitrogens with two attached hydrogens (primary N) is 6. The molecule has 2 heterocycles. The molecule has 0 aromatic heterocycles. The number of carboxylic acids is 2. The van der Waals surface area contributed by atoms with E-state index >= 15 is 0 Å². The number of aliphatic carboxylic acids is 2. The fourth-order valence-corrected chi connectivity index (χ4v) is 8.04. The van der Waals surface area contributed by atoms with Gasteiger partial charge in [-0.1, -0.05) is 0 Å². The monoisotopic (exact) mass is 958 g/mol. The molecule has 9 unspecified atom stereocenters. The lowest BCUT2D eigenvalue weighted by molar-refractivity contribution is -0.163. The van der Waals surface area contributed by atoms with Gasteiger partial charge in [0.15, 0.2) is 11.9 Å². The van der Waals surface area contributed by atoms with Crippen LogP contribution in [-0.2, 0) is 47.9 Å². The van der Waals surface area contributed by atoms with E-state index in [9.17, 15) is 58.5 Å². The Kier molecular flexibility index (Phi) is 22.5. The number of ether oxygens (including phenoxy) is 1. The minimum Gasteiger partial charge on any atom is -0.480 e. The number of nitrogens with zero attached hydrogens (tertiary/aromatic N) is 3. The van der Waals surface area contributed by atoms with E-state index in [2.05, 4.69) is 36.6 Å². The zero-order valence-electron chi connectivity index (χ0n) is 36.5. The van der Waals surface area contributed by atoms with Gasteiger partial charge in [-0.3, -0.25) is 48.4 Å². The second-order valence-electron chi connectivity index (χ2n) is 15.4.